The van der Waals surface area contributed by atoms with E-state index in [1.54, 1.807) is 11.0 Å². The summed E-state index contributed by atoms with van der Waals surface area (Å²) in [5, 5.41) is -0.199. The van der Waals surface area contributed by atoms with Gasteiger partial charge >= 0.3 is 6.09 Å². The van der Waals surface area contributed by atoms with Crippen molar-refractivity contribution in [2.45, 2.75) is 50.6 Å². The molecule has 0 aromatic heterocycles. The first-order valence-corrected chi connectivity index (χ1v) is 6.05. The van der Waals surface area contributed by atoms with Crippen LogP contribution in [-0.4, -0.2) is 34.6 Å². The second-order valence-electron chi connectivity index (χ2n) is 5.06. The third kappa shape index (κ3) is 3.41. The van der Waals surface area contributed by atoms with Crippen LogP contribution in [0.5, 0.6) is 0 Å². The van der Waals surface area contributed by atoms with Crippen molar-refractivity contribution in [1.29, 1.82) is 0 Å². The highest BCUT2D eigenvalue weighted by Crippen LogP contribution is 2.25. The van der Waals surface area contributed by atoms with Crippen molar-refractivity contribution in [3.63, 3.8) is 0 Å². The molecule has 0 aromatic rings. The standard InChI is InChI=1S/C12H20ClNO2/c1-5-9(13)10-7-6-8-14(10)11(15)16-12(2,3)4/h5,9-10H,1,6-8H2,2-4H3. The van der Waals surface area contributed by atoms with Crippen LogP contribution < -0.4 is 0 Å². The van der Waals surface area contributed by atoms with Crippen LogP contribution in [0.3, 0.4) is 0 Å². The normalized spacial score (nSPS) is 23.0. The molecule has 1 saturated heterocycles. The number of likely N-dealkylation sites (tertiary alicyclic amines) is 1. The summed E-state index contributed by atoms with van der Waals surface area (Å²) >= 11 is 6.11. The Kier molecular flexibility index (Phi) is 4.25. The van der Waals surface area contributed by atoms with E-state index in [0.717, 1.165) is 19.4 Å². The van der Waals surface area contributed by atoms with Gasteiger partial charge in [0, 0.05) is 6.54 Å². The van der Waals surface area contributed by atoms with E-state index in [1.165, 1.54) is 0 Å². The van der Waals surface area contributed by atoms with Gasteiger partial charge in [-0.15, -0.1) is 18.2 Å². The van der Waals surface area contributed by atoms with Gasteiger partial charge in [-0.2, -0.15) is 0 Å². The summed E-state index contributed by atoms with van der Waals surface area (Å²) in [6.45, 7) is 9.97. The molecular weight excluding hydrogens is 226 g/mol. The molecule has 0 aliphatic carbocycles. The number of nitrogens with zero attached hydrogens (tertiary/aromatic N) is 1. The molecule has 0 N–H and O–H groups in total. The number of rotatable bonds is 2. The molecule has 0 radical (unpaired) electrons. The Balaban J connectivity index is 2.64. The average Bonchev–Trinajstić information content (AvgIpc) is 2.62. The zero-order chi connectivity index (χ0) is 12.3. The van der Waals surface area contributed by atoms with Crippen molar-refractivity contribution in [3.05, 3.63) is 12.7 Å². The lowest BCUT2D eigenvalue weighted by Gasteiger charge is -2.29. The van der Waals surface area contributed by atoms with Crippen molar-refractivity contribution in [3.8, 4) is 0 Å². The van der Waals surface area contributed by atoms with Gasteiger partial charge in [0.2, 0.25) is 0 Å². The smallest absolute Gasteiger partial charge is 0.410 e. The van der Waals surface area contributed by atoms with Gasteiger partial charge in [-0.1, -0.05) is 6.08 Å². The molecule has 3 nitrogen and oxygen atoms in total. The molecule has 0 aromatic carbocycles. The highest BCUT2D eigenvalue weighted by molar-refractivity contribution is 6.22. The largest absolute Gasteiger partial charge is 0.444 e. The molecule has 1 aliphatic heterocycles. The molecule has 2 unspecified atom stereocenters. The summed E-state index contributed by atoms with van der Waals surface area (Å²) in [4.78, 5) is 13.6. The van der Waals surface area contributed by atoms with E-state index >= 15 is 0 Å². The number of amides is 1. The maximum atomic E-state index is 11.9. The first-order chi connectivity index (χ1) is 7.35. The number of carbonyl (C=O) groups is 1. The molecule has 1 aliphatic rings. The molecule has 0 bridgehead atoms. The minimum Gasteiger partial charge on any atom is -0.444 e. The molecule has 92 valence electrons. The molecule has 0 spiro atoms. The van der Waals surface area contributed by atoms with Crippen LogP contribution in [0, 0.1) is 0 Å². The quantitative estimate of drug-likeness (QED) is 0.552. The van der Waals surface area contributed by atoms with Gasteiger partial charge in [-0.05, 0) is 33.6 Å². The Morgan fingerprint density at radius 2 is 2.25 bits per heavy atom. The van der Waals surface area contributed by atoms with Crippen molar-refractivity contribution < 1.29 is 9.53 Å². The Hall–Kier alpha value is -0.700. The van der Waals surface area contributed by atoms with E-state index in [1.807, 2.05) is 20.8 Å². The van der Waals surface area contributed by atoms with Crippen molar-refractivity contribution in [2.24, 2.45) is 0 Å². The summed E-state index contributed by atoms with van der Waals surface area (Å²) in [6, 6.07) is 0.0222. The fraction of sp³-hybridized carbons (Fsp3) is 0.750. The van der Waals surface area contributed by atoms with E-state index < -0.39 is 5.60 Å². The lowest BCUT2D eigenvalue weighted by molar-refractivity contribution is 0.0230. The van der Waals surface area contributed by atoms with Gasteiger partial charge in [-0.3, -0.25) is 0 Å². The molecular formula is C12H20ClNO2. The Labute approximate surface area is 102 Å². The summed E-state index contributed by atoms with van der Waals surface area (Å²) < 4.78 is 5.34. The van der Waals surface area contributed by atoms with Gasteiger partial charge in [0.1, 0.15) is 5.60 Å². The fourth-order valence-electron chi connectivity index (χ4n) is 1.83. The minimum atomic E-state index is -0.458. The molecule has 0 saturated carbocycles. The van der Waals surface area contributed by atoms with Gasteiger partial charge in [0.05, 0.1) is 11.4 Å². The molecule has 4 heteroatoms. The zero-order valence-corrected chi connectivity index (χ0v) is 11.0. The van der Waals surface area contributed by atoms with Crippen LogP contribution in [0.15, 0.2) is 12.7 Å². The molecule has 1 heterocycles. The molecule has 1 rings (SSSR count). The van der Waals surface area contributed by atoms with Gasteiger partial charge in [0.25, 0.3) is 0 Å². The van der Waals surface area contributed by atoms with Crippen LogP contribution in [-0.2, 0) is 4.74 Å². The Morgan fingerprint density at radius 1 is 1.62 bits per heavy atom. The number of carbonyl (C=O) groups excluding carboxylic acids is 1. The van der Waals surface area contributed by atoms with E-state index in [0.29, 0.717) is 0 Å². The third-order valence-electron chi connectivity index (χ3n) is 2.52. The predicted molar refractivity (Wildman–Crippen MR) is 65.8 cm³/mol. The first-order valence-electron chi connectivity index (χ1n) is 5.61. The molecule has 2 atom stereocenters. The van der Waals surface area contributed by atoms with E-state index in [9.17, 15) is 4.79 Å². The van der Waals surface area contributed by atoms with Gasteiger partial charge in [0.15, 0.2) is 0 Å². The SMILES string of the molecule is C=CC(Cl)C1CCCN1C(=O)OC(C)(C)C. The third-order valence-corrected chi connectivity index (χ3v) is 2.99. The summed E-state index contributed by atoms with van der Waals surface area (Å²) in [7, 11) is 0. The molecule has 16 heavy (non-hydrogen) atoms. The van der Waals surface area contributed by atoms with Crippen LogP contribution in [0.25, 0.3) is 0 Å². The monoisotopic (exact) mass is 245 g/mol. The zero-order valence-electron chi connectivity index (χ0n) is 10.2. The summed E-state index contributed by atoms with van der Waals surface area (Å²) in [5.41, 5.74) is -0.458. The maximum absolute atomic E-state index is 11.9. The predicted octanol–water partition coefficient (Wildman–Crippen LogP) is 3.18. The number of hydrogen-bond acceptors (Lipinski definition) is 2. The Morgan fingerprint density at radius 3 is 2.75 bits per heavy atom. The lowest BCUT2D eigenvalue weighted by atomic mass is 10.1. The van der Waals surface area contributed by atoms with Crippen molar-refractivity contribution in [2.75, 3.05) is 6.54 Å². The number of alkyl halides is 1. The van der Waals surface area contributed by atoms with E-state index in [4.69, 9.17) is 16.3 Å². The molecule has 1 fully saturated rings. The maximum Gasteiger partial charge on any atom is 0.410 e. The highest BCUT2D eigenvalue weighted by Gasteiger charge is 2.35. The second-order valence-corrected chi connectivity index (χ2v) is 5.57. The minimum absolute atomic E-state index is 0.0222. The topological polar surface area (TPSA) is 29.5 Å². The number of ether oxygens (including phenoxy) is 1. The van der Waals surface area contributed by atoms with E-state index in [2.05, 4.69) is 6.58 Å². The highest BCUT2D eigenvalue weighted by atomic mass is 35.5. The summed E-state index contributed by atoms with van der Waals surface area (Å²) in [5.74, 6) is 0. The van der Waals surface area contributed by atoms with Gasteiger partial charge in [-0.25, -0.2) is 4.79 Å². The fourth-order valence-corrected chi connectivity index (χ4v) is 2.09. The van der Waals surface area contributed by atoms with Crippen LogP contribution in [0.4, 0.5) is 4.79 Å². The van der Waals surface area contributed by atoms with E-state index in [-0.39, 0.29) is 17.5 Å². The number of halogens is 1. The first kappa shape index (κ1) is 13.4. The van der Waals surface area contributed by atoms with Crippen LogP contribution >= 0.6 is 11.6 Å². The average molecular weight is 246 g/mol. The summed E-state index contributed by atoms with van der Waals surface area (Å²) in [6.07, 6.45) is 3.29. The number of hydrogen-bond donors (Lipinski definition) is 0. The van der Waals surface area contributed by atoms with Crippen LogP contribution in [0.2, 0.25) is 0 Å². The second kappa shape index (κ2) is 5.09. The lowest BCUT2D eigenvalue weighted by Crippen LogP contribution is -2.43. The van der Waals surface area contributed by atoms with Crippen molar-refractivity contribution >= 4 is 17.7 Å². The van der Waals surface area contributed by atoms with Crippen molar-refractivity contribution in [1.82, 2.24) is 4.90 Å². The van der Waals surface area contributed by atoms with Gasteiger partial charge < -0.3 is 9.64 Å². The van der Waals surface area contributed by atoms with Crippen LogP contribution in [0.1, 0.15) is 33.6 Å². The molecule has 1 amide bonds. The Bertz CT molecular complexity index is 273.